The van der Waals surface area contributed by atoms with Gasteiger partial charge in [0, 0.05) is 18.6 Å². The lowest BCUT2D eigenvalue weighted by Gasteiger charge is -2.26. The monoisotopic (exact) mass is 171 g/mol. The van der Waals surface area contributed by atoms with Crippen LogP contribution in [0.4, 0.5) is 0 Å². The fourth-order valence-corrected chi connectivity index (χ4v) is 2.02. The molecule has 0 aliphatic carbocycles. The van der Waals surface area contributed by atoms with Gasteiger partial charge in [-0.05, 0) is 18.9 Å². The Balaban J connectivity index is 2.40. The van der Waals surface area contributed by atoms with Crippen molar-refractivity contribution in [1.29, 1.82) is 0 Å². The van der Waals surface area contributed by atoms with E-state index >= 15 is 0 Å². The molecule has 0 amide bonds. The fraction of sp³-hybridized carbons (Fsp3) is 1.00. The van der Waals surface area contributed by atoms with Crippen molar-refractivity contribution in [3.63, 3.8) is 0 Å². The zero-order chi connectivity index (χ0) is 8.97. The van der Waals surface area contributed by atoms with Gasteiger partial charge >= 0.3 is 0 Å². The minimum Gasteiger partial charge on any atom is -0.381 e. The molecular formula is C10H21NO. The standard InChI is InChI=1S/C10H21NO/c1-4-11-10(8(2)3)9-5-6-12-7-9/h8-11H,4-7H2,1-3H3. The van der Waals surface area contributed by atoms with Crippen LogP contribution < -0.4 is 5.32 Å². The Hall–Kier alpha value is -0.0800. The smallest absolute Gasteiger partial charge is 0.0510 e. The quantitative estimate of drug-likeness (QED) is 0.694. The number of rotatable bonds is 4. The molecule has 72 valence electrons. The summed E-state index contributed by atoms with van der Waals surface area (Å²) in [6, 6.07) is 0.650. The molecule has 0 spiro atoms. The van der Waals surface area contributed by atoms with Crippen molar-refractivity contribution in [1.82, 2.24) is 5.32 Å². The normalized spacial score (nSPS) is 26.5. The lowest BCUT2D eigenvalue weighted by atomic mass is 9.90. The van der Waals surface area contributed by atoms with Crippen LogP contribution in [0.1, 0.15) is 27.2 Å². The van der Waals surface area contributed by atoms with E-state index in [1.54, 1.807) is 0 Å². The Morgan fingerprint density at radius 2 is 2.25 bits per heavy atom. The molecule has 12 heavy (non-hydrogen) atoms. The van der Waals surface area contributed by atoms with Gasteiger partial charge in [0.25, 0.3) is 0 Å². The van der Waals surface area contributed by atoms with Crippen molar-refractivity contribution in [2.75, 3.05) is 19.8 Å². The number of nitrogens with one attached hydrogen (secondary N) is 1. The highest BCUT2D eigenvalue weighted by molar-refractivity contribution is 4.81. The molecule has 0 bridgehead atoms. The average Bonchev–Trinajstić information content (AvgIpc) is 2.51. The van der Waals surface area contributed by atoms with Gasteiger partial charge in [-0.3, -0.25) is 0 Å². The van der Waals surface area contributed by atoms with Gasteiger partial charge in [-0.15, -0.1) is 0 Å². The molecule has 1 rings (SSSR count). The van der Waals surface area contributed by atoms with E-state index in [2.05, 4.69) is 26.1 Å². The highest BCUT2D eigenvalue weighted by atomic mass is 16.5. The number of ether oxygens (including phenoxy) is 1. The predicted octanol–water partition coefficient (Wildman–Crippen LogP) is 1.66. The molecule has 0 saturated carbocycles. The molecule has 0 aromatic heterocycles. The summed E-state index contributed by atoms with van der Waals surface area (Å²) in [5, 5.41) is 3.54. The van der Waals surface area contributed by atoms with E-state index in [-0.39, 0.29) is 0 Å². The Labute approximate surface area is 75.7 Å². The zero-order valence-electron chi connectivity index (χ0n) is 8.47. The molecule has 2 heteroatoms. The molecule has 0 radical (unpaired) electrons. The second-order valence-electron chi connectivity index (χ2n) is 3.95. The van der Waals surface area contributed by atoms with Crippen LogP contribution in [-0.4, -0.2) is 25.8 Å². The summed E-state index contributed by atoms with van der Waals surface area (Å²) >= 11 is 0. The van der Waals surface area contributed by atoms with Gasteiger partial charge in [-0.25, -0.2) is 0 Å². The maximum Gasteiger partial charge on any atom is 0.0510 e. The van der Waals surface area contributed by atoms with Gasteiger partial charge in [0.2, 0.25) is 0 Å². The molecule has 1 aliphatic rings. The molecule has 2 nitrogen and oxygen atoms in total. The first-order valence-electron chi connectivity index (χ1n) is 5.06. The molecule has 2 unspecified atom stereocenters. The van der Waals surface area contributed by atoms with Crippen molar-refractivity contribution in [3.8, 4) is 0 Å². The summed E-state index contributed by atoms with van der Waals surface area (Å²) in [5.74, 6) is 1.46. The van der Waals surface area contributed by atoms with Crippen LogP contribution >= 0.6 is 0 Å². The highest BCUT2D eigenvalue weighted by Crippen LogP contribution is 2.21. The van der Waals surface area contributed by atoms with Crippen molar-refractivity contribution < 1.29 is 4.74 Å². The van der Waals surface area contributed by atoms with Gasteiger partial charge in [0.1, 0.15) is 0 Å². The lowest BCUT2D eigenvalue weighted by Crippen LogP contribution is -2.40. The summed E-state index contributed by atoms with van der Waals surface area (Å²) in [6.45, 7) is 9.72. The van der Waals surface area contributed by atoms with Gasteiger partial charge in [-0.1, -0.05) is 20.8 Å². The minimum atomic E-state index is 0.650. The van der Waals surface area contributed by atoms with Crippen molar-refractivity contribution >= 4 is 0 Å². The maximum atomic E-state index is 5.39. The van der Waals surface area contributed by atoms with E-state index in [1.807, 2.05) is 0 Å². The Morgan fingerprint density at radius 3 is 2.67 bits per heavy atom. The second-order valence-corrected chi connectivity index (χ2v) is 3.95. The lowest BCUT2D eigenvalue weighted by molar-refractivity contribution is 0.169. The van der Waals surface area contributed by atoms with Crippen molar-refractivity contribution in [2.24, 2.45) is 11.8 Å². The van der Waals surface area contributed by atoms with E-state index in [4.69, 9.17) is 4.74 Å². The first-order valence-corrected chi connectivity index (χ1v) is 5.06. The van der Waals surface area contributed by atoms with E-state index in [9.17, 15) is 0 Å². The Bertz CT molecular complexity index is 119. The maximum absolute atomic E-state index is 5.39. The largest absolute Gasteiger partial charge is 0.381 e. The van der Waals surface area contributed by atoms with Crippen LogP contribution in [0.25, 0.3) is 0 Å². The fourth-order valence-electron chi connectivity index (χ4n) is 2.02. The minimum absolute atomic E-state index is 0.650. The SMILES string of the molecule is CCNC(C(C)C)C1CCOC1. The van der Waals surface area contributed by atoms with E-state index in [1.165, 1.54) is 6.42 Å². The number of hydrogen-bond donors (Lipinski definition) is 1. The van der Waals surface area contributed by atoms with Gasteiger partial charge < -0.3 is 10.1 Å². The zero-order valence-corrected chi connectivity index (χ0v) is 8.47. The van der Waals surface area contributed by atoms with E-state index in [0.29, 0.717) is 6.04 Å². The first kappa shape index (κ1) is 10.0. The molecule has 1 saturated heterocycles. The summed E-state index contributed by atoms with van der Waals surface area (Å²) < 4.78 is 5.39. The Kier molecular flexibility index (Phi) is 4.02. The topological polar surface area (TPSA) is 21.3 Å². The number of hydrogen-bond acceptors (Lipinski definition) is 2. The third-order valence-corrected chi connectivity index (χ3v) is 2.63. The van der Waals surface area contributed by atoms with Crippen LogP contribution in [0.15, 0.2) is 0 Å². The highest BCUT2D eigenvalue weighted by Gasteiger charge is 2.26. The summed E-state index contributed by atoms with van der Waals surface area (Å²) in [5.41, 5.74) is 0. The molecule has 1 aliphatic heterocycles. The summed E-state index contributed by atoms with van der Waals surface area (Å²) in [7, 11) is 0. The molecule has 1 heterocycles. The van der Waals surface area contributed by atoms with E-state index in [0.717, 1.165) is 31.6 Å². The third kappa shape index (κ3) is 2.46. The van der Waals surface area contributed by atoms with E-state index < -0.39 is 0 Å². The molecule has 2 atom stereocenters. The molecular weight excluding hydrogens is 150 g/mol. The average molecular weight is 171 g/mol. The molecule has 1 N–H and O–H groups in total. The van der Waals surface area contributed by atoms with Crippen molar-refractivity contribution in [3.05, 3.63) is 0 Å². The van der Waals surface area contributed by atoms with Crippen molar-refractivity contribution in [2.45, 2.75) is 33.2 Å². The summed E-state index contributed by atoms with van der Waals surface area (Å²) in [4.78, 5) is 0. The predicted molar refractivity (Wildman–Crippen MR) is 51.2 cm³/mol. The van der Waals surface area contributed by atoms with Crippen LogP contribution in [0.2, 0.25) is 0 Å². The summed E-state index contributed by atoms with van der Waals surface area (Å²) in [6.07, 6.45) is 1.23. The van der Waals surface area contributed by atoms with Gasteiger partial charge in [-0.2, -0.15) is 0 Å². The molecule has 0 aromatic carbocycles. The Morgan fingerprint density at radius 1 is 1.50 bits per heavy atom. The second kappa shape index (κ2) is 4.83. The molecule has 0 aromatic rings. The third-order valence-electron chi connectivity index (χ3n) is 2.63. The van der Waals surface area contributed by atoms with Gasteiger partial charge in [0.05, 0.1) is 6.61 Å². The van der Waals surface area contributed by atoms with Crippen LogP contribution in [0.3, 0.4) is 0 Å². The first-order chi connectivity index (χ1) is 5.75. The van der Waals surface area contributed by atoms with Crippen LogP contribution in [0, 0.1) is 11.8 Å². The van der Waals surface area contributed by atoms with Crippen LogP contribution in [0.5, 0.6) is 0 Å². The van der Waals surface area contributed by atoms with Gasteiger partial charge in [0.15, 0.2) is 0 Å². The molecule has 1 fully saturated rings. The van der Waals surface area contributed by atoms with Crippen LogP contribution in [-0.2, 0) is 4.74 Å².